The summed E-state index contributed by atoms with van der Waals surface area (Å²) in [6, 6.07) is 13.0. The maximum Gasteiger partial charge on any atom is 0.488 e. The van der Waals surface area contributed by atoms with Crippen molar-refractivity contribution in [3.8, 4) is 5.75 Å². The average Bonchev–Trinajstić information content (AvgIpc) is 2.69. The molecular weight excluding hydrogens is 373 g/mol. The van der Waals surface area contributed by atoms with Gasteiger partial charge in [0.2, 0.25) is 11.8 Å². The van der Waals surface area contributed by atoms with Crippen LogP contribution >= 0.6 is 0 Å². The number of anilines is 1. The number of carbonyl (C=O) groups is 2. The maximum atomic E-state index is 11.9. The fraction of sp³-hybridized carbons (Fsp3) is 0.250. The average molecular weight is 397 g/mol. The summed E-state index contributed by atoms with van der Waals surface area (Å²) in [7, 11) is -1.56. The van der Waals surface area contributed by atoms with E-state index in [0.29, 0.717) is 42.4 Å². The van der Waals surface area contributed by atoms with Crippen LogP contribution in [0, 0.1) is 0 Å². The molecule has 2 aromatic rings. The number of amides is 2. The zero-order chi connectivity index (χ0) is 21.1. The second-order valence-electron chi connectivity index (χ2n) is 6.46. The Kier molecular flexibility index (Phi) is 8.87. The van der Waals surface area contributed by atoms with E-state index in [1.165, 1.54) is 12.3 Å². The number of hydrogen-bond acceptors (Lipinski definition) is 6. The molecule has 0 aliphatic rings. The van der Waals surface area contributed by atoms with Crippen molar-refractivity contribution in [2.75, 3.05) is 5.32 Å². The topological polar surface area (TPSA) is 131 Å². The Morgan fingerprint density at radius 1 is 0.966 bits per heavy atom. The van der Waals surface area contributed by atoms with E-state index in [9.17, 15) is 14.7 Å². The summed E-state index contributed by atoms with van der Waals surface area (Å²) in [5.41, 5.74) is 3.77. The number of nitrogens with one attached hydrogen (secondary N) is 2. The lowest BCUT2D eigenvalue weighted by molar-refractivity contribution is -0.121. The van der Waals surface area contributed by atoms with Crippen molar-refractivity contribution in [2.24, 2.45) is 5.10 Å². The monoisotopic (exact) mass is 397 g/mol. The molecule has 0 unspecified atom stereocenters. The number of hydrogen-bond donors (Lipinski definition) is 5. The molecule has 2 aromatic carbocycles. The molecule has 0 saturated carbocycles. The standard InChI is InChI=1S/C20H24BN3O5/c25-18-10-5-4-9-17(18)23-19(26)11-2-1-3-12-20(27)24-22-14-15-7-6-8-16(13-15)21(28)29/h4-10,13-14,25,28-29H,1-3,11-12H2,(H,23,26)(H,24,27)/b22-14+. The highest BCUT2D eigenvalue weighted by Gasteiger charge is 2.10. The van der Waals surface area contributed by atoms with Gasteiger partial charge in [0.15, 0.2) is 0 Å². The largest absolute Gasteiger partial charge is 0.506 e. The summed E-state index contributed by atoms with van der Waals surface area (Å²) in [4.78, 5) is 23.6. The number of benzene rings is 2. The second-order valence-corrected chi connectivity index (χ2v) is 6.46. The normalized spacial score (nSPS) is 10.7. The molecule has 5 N–H and O–H groups in total. The van der Waals surface area contributed by atoms with E-state index in [1.807, 2.05) is 0 Å². The van der Waals surface area contributed by atoms with Crippen LogP contribution in [0.2, 0.25) is 0 Å². The van der Waals surface area contributed by atoms with Crippen molar-refractivity contribution in [1.29, 1.82) is 0 Å². The predicted molar refractivity (Wildman–Crippen MR) is 112 cm³/mol. The summed E-state index contributed by atoms with van der Waals surface area (Å²) in [5, 5.41) is 34.4. The quantitative estimate of drug-likeness (QED) is 0.135. The number of nitrogens with zero attached hydrogens (tertiary/aromatic N) is 1. The highest BCUT2D eigenvalue weighted by atomic mass is 16.4. The smallest absolute Gasteiger partial charge is 0.488 e. The van der Waals surface area contributed by atoms with Crippen LogP contribution in [0.1, 0.15) is 37.7 Å². The van der Waals surface area contributed by atoms with E-state index >= 15 is 0 Å². The molecule has 0 bridgehead atoms. The van der Waals surface area contributed by atoms with Gasteiger partial charge in [0, 0.05) is 12.8 Å². The van der Waals surface area contributed by atoms with Gasteiger partial charge in [0.1, 0.15) is 5.75 Å². The Balaban J connectivity index is 1.60. The van der Waals surface area contributed by atoms with Gasteiger partial charge >= 0.3 is 7.12 Å². The molecule has 9 heteroatoms. The van der Waals surface area contributed by atoms with Gasteiger partial charge in [-0.3, -0.25) is 9.59 Å². The first-order valence-electron chi connectivity index (χ1n) is 9.31. The minimum Gasteiger partial charge on any atom is -0.506 e. The Bertz CT molecular complexity index is 858. The van der Waals surface area contributed by atoms with Gasteiger partial charge in [-0.05, 0) is 36.0 Å². The highest BCUT2D eigenvalue weighted by molar-refractivity contribution is 6.58. The van der Waals surface area contributed by atoms with Crippen molar-refractivity contribution in [3.63, 3.8) is 0 Å². The van der Waals surface area contributed by atoms with Gasteiger partial charge in [0.05, 0.1) is 11.9 Å². The third kappa shape index (κ3) is 8.16. The molecule has 2 rings (SSSR count). The van der Waals surface area contributed by atoms with E-state index in [4.69, 9.17) is 10.0 Å². The molecular formula is C20H24BN3O5. The number of phenolic OH excluding ortho intramolecular Hbond substituents is 1. The zero-order valence-corrected chi connectivity index (χ0v) is 15.9. The van der Waals surface area contributed by atoms with Gasteiger partial charge in [-0.2, -0.15) is 5.10 Å². The van der Waals surface area contributed by atoms with E-state index in [1.54, 1.807) is 42.5 Å². The molecule has 0 radical (unpaired) electrons. The van der Waals surface area contributed by atoms with Crippen molar-refractivity contribution < 1.29 is 24.7 Å². The van der Waals surface area contributed by atoms with E-state index in [2.05, 4.69) is 15.8 Å². The summed E-state index contributed by atoms with van der Waals surface area (Å²) >= 11 is 0. The first-order chi connectivity index (χ1) is 14.0. The number of aromatic hydroxyl groups is 1. The van der Waals surface area contributed by atoms with Crippen LogP contribution < -0.4 is 16.2 Å². The lowest BCUT2D eigenvalue weighted by atomic mass is 9.80. The zero-order valence-electron chi connectivity index (χ0n) is 15.9. The number of para-hydroxylation sites is 2. The fourth-order valence-electron chi connectivity index (χ4n) is 2.57. The van der Waals surface area contributed by atoms with Crippen LogP contribution in [0.25, 0.3) is 0 Å². The molecule has 0 aromatic heterocycles. The van der Waals surface area contributed by atoms with Crippen molar-refractivity contribution in [1.82, 2.24) is 5.43 Å². The maximum absolute atomic E-state index is 11.9. The summed E-state index contributed by atoms with van der Waals surface area (Å²) < 4.78 is 0. The third-order valence-electron chi connectivity index (χ3n) is 4.10. The lowest BCUT2D eigenvalue weighted by Gasteiger charge is -2.06. The predicted octanol–water partition coefficient (Wildman–Crippen LogP) is 1.11. The van der Waals surface area contributed by atoms with Crippen molar-refractivity contribution >= 4 is 36.3 Å². The molecule has 0 fully saturated rings. The SMILES string of the molecule is O=C(CCCCCC(=O)Nc1ccccc1O)N/N=C/c1cccc(B(O)O)c1. The van der Waals surface area contributed by atoms with Gasteiger partial charge in [-0.15, -0.1) is 0 Å². The molecule has 152 valence electrons. The minimum atomic E-state index is -1.56. The minimum absolute atomic E-state index is 0.0253. The Hall–Kier alpha value is -3.17. The number of phenols is 1. The number of rotatable bonds is 10. The molecule has 0 heterocycles. The molecule has 0 spiro atoms. The van der Waals surface area contributed by atoms with Crippen LogP contribution in [0.15, 0.2) is 53.6 Å². The first kappa shape index (κ1) is 22.1. The Morgan fingerprint density at radius 2 is 1.69 bits per heavy atom. The van der Waals surface area contributed by atoms with Crippen LogP contribution in [0.3, 0.4) is 0 Å². The summed E-state index contributed by atoms with van der Waals surface area (Å²) in [6.07, 6.45) is 3.98. The summed E-state index contributed by atoms with van der Waals surface area (Å²) in [6.45, 7) is 0. The fourth-order valence-corrected chi connectivity index (χ4v) is 2.57. The van der Waals surface area contributed by atoms with Crippen molar-refractivity contribution in [2.45, 2.75) is 32.1 Å². The van der Waals surface area contributed by atoms with Gasteiger partial charge < -0.3 is 20.5 Å². The van der Waals surface area contributed by atoms with E-state index in [0.717, 1.165) is 0 Å². The number of unbranched alkanes of at least 4 members (excludes halogenated alkanes) is 2. The molecule has 8 nitrogen and oxygen atoms in total. The summed E-state index contributed by atoms with van der Waals surface area (Å²) in [5.74, 6) is -0.397. The van der Waals surface area contributed by atoms with Gasteiger partial charge in [0.25, 0.3) is 0 Å². The van der Waals surface area contributed by atoms with Gasteiger partial charge in [-0.1, -0.05) is 42.8 Å². The first-order valence-corrected chi connectivity index (χ1v) is 9.31. The van der Waals surface area contributed by atoms with E-state index in [-0.39, 0.29) is 24.0 Å². The Labute approximate surface area is 169 Å². The van der Waals surface area contributed by atoms with E-state index < -0.39 is 7.12 Å². The van der Waals surface area contributed by atoms with Crippen molar-refractivity contribution in [3.05, 3.63) is 54.1 Å². The molecule has 0 aliphatic carbocycles. The molecule has 2 amide bonds. The number of hydrazone groups is 1. The second kappa shape index (κ2) is 11.6. The molecule has 0 atom stereocenters. The van der Waals surface area contributed by atoms with Crippen LogP contribution in [-0.2, 0) is 9.59 Å². The highest BCUT2D eigenvalue weighted by Crippen LogP contribution is 2.21. The van der Waals surface area contributed by atoms with Gasteiger partial charge in [-0.25, -0.2) is 5.43 Å². The Morgan fingerprint density at radius 3 is 2.41 bits per heavy atom. The van der Waals surface area contributed by atoms with Crippen LogP contribution in [0.5, 0.6) is 5.75 Å². The third-order valence-corrected chi connectivity index (χ3v) is 4.10. The molecule has 29 heavy (non-hydrogen) atoms. The van der Waals surface area contributed by atoms with Crippen LogP contribution in [-0.4, -0.2) is 40.3 Å². The number of carbonyl (C=O) groups excluding carboxylic acids is 2. The molecule has 0 saturated heterocycles. The molecule has 0 aliphatic heterocycles. The van der Waals surface area contributed by atoms with Crippen LogP contribution in [0.4, 0.5) is 5.69 Å². The lowest BCUT2D eigenvalue weighted by Crippen LogP contribution is -2.29.